The predicted octanol–water partition coefficient (Wildman–Crippen LogP) is 6.52. The first kappa shape index (κ1) is 55.0. The molecule has 0 saturated carbocycles. The van der Waals surface area contributed by atoms with E-state index in [0.717, 1.165) is 49.9 Å². The van der Waals surface area contributed by atoms with Gasteiger partial charge in [0.05, 0.1) is 51.7 Å². The van der Waals surface area contributed by atoms with E-state index in [2.05, 4.69) is 15.6 Å². The van der Waals surface area contributed by atoms with Gasteiger partial charge in [0, 0.05) is 25.2 Å². The summed E-state index contributed by atoms with van der Waals surface area (Å²) in [6, 6.07) is 24.0. The third-order valence-electron chi connectivity index (χ3n) is 12.8. The van der Waals surface area contributed by atoms with Crippen molar-refractivity contribution in [2.24, 2.45) is 5.41 Å². The minimum absolute atomic E-state index is 0.0233. The molecule has 4 aromatic carbocycles. The van der Waals surface area contributed by atoms with Gasteiger partial charge in [-0.25, -0.2) is 4.98 Å². The third kappa shape index (κ3) is 12.2. The fourth-order valence-corrected chi connectivity index (χ4v) is 10.00. The molecule has 3 heterocycles. The third-order valence-corrected chi connectivity index (χ3v) is 14.1. The van der Waals surface area contributed by atoms with Gasteiger partial charge < -0.3 is 45.2 Å². The first-order valence-corrected chi connectivity index (χ1v) is 24.8. The smallest absolute Gasteiger partial charge is 0.417 e. The fourth-order valence-electron chi connectivity index (χ4n) is 8.67. The van der Waals surface area contributed by atoms with Gasteiger partial charge >= 0.3 is 6.18 Å². The Balaban J connectivity index is 0.870. The first-order chi connectivity index (χ1) is 34.9. The highest BCUT2D eigenvalue weighted by molar-refractivity contribution is 7.81. The van der Waals surface area contributed by atoms with Gasteiger partial charge in [-0.3, -0.25) is 24.1 Å². The monoisotopic (exact) mass is 1060 g/mol. The lowest BCUT2D eigenvalue weighted by atomic mass is 9.85. The fraction of sp³-hybridized carbons (Fsp3) is 0.377. The number of thiocarbonyl (C=S) groups is 1. The predicted molar refractivity (Wildman–Crippen MR) is 275 cm³/mol. The van der Waals surface area contributed by atoms with Gasteiger partial charge in [0.2, 0.25) is 17.7 Å². The SMILES string of the molecule is Cc1ncsc1-c1ccc(CNC(=O)[C@@H]2C[C@@H](O)CN2C(=O)[C@@H](NC(=O)COC[C@@H](O)[C@H](O)COc2ccc(-c3ccc(N4C(=S)N(c5ccc(C#N)c(C(F)(F)F)c5)C(=O)C4(C)C)cc3)cc2)C(C)(C)C)cc1. The highest BCUT2D eigenvalue weighted by Gasteiger charge is 2.51. The second-order valence-corrected chi connectivity index (χ2v) is 20.9. The van der Waals surface area contributed by atoms with Crippen molar-refractivity contribution in [3.05, 3.63) is 119 Å². The van der Waals surface area contributed by atoms with Crippen molar-refractivity contribution in [1.29, 1.82) is 5.26 Å². The van der Waals surface area contributed by atoms with E-state index < -0.39 is 95.5 Å². The molecule has 5 N–H and O–H groups in total. The molecule has 5 aromatic rings. The lowest BCUT2D eigenvalue weighted by Crippen LogP contribution is -2.58. The van der Waals surface area contributed by atoms with Crippen LogP contribution < -0.4 is 25.2 Å². The number of aromatic nitrogens is 1. The van der Waals surface area contributed by atoms with Crippen LogP contribution in [0.3, 0.4) is 0 Å². The number of amides is 4. The number of likely N-dealkylation sites (tertiary alicyclic amines) is 1. The molecule has 0 bridgehead atoms. The van der Waals surface area contributed by atoms with Gasteiger partial charge in [-0.2, -0.15) is 18.4 Å². The van der Waals surface area contributed by atoms with Crippen LogP contribution in [-0.4, -0.2) is 116 Å². The van der Waals surface area contributed by atoms with E-state index in [1.807, 2.05) is 31.2 Å². The van der Waals surface area contributed by atoms with Gasteiger partial charge in [0.25, 0.3) is 5.91 Å². The van der Waals surface area contributed by atoms with Gasteiger partial charge in [0.15, 0.2) is 5.11 Å². The number of nitriles is 1. The van der Waals surface area contributed by atoms with E-state index in [4.69, 9.17) is 21.7 Å². The quantitative estimate of drug-likeness (QED) is 0.0628. The summed E-state index contributed by atoms with van der Waals surface area (Å²) in [6.45, 7) is 9.15. The molecule has 2 saturated heterocycles. The largest absolute Gasteiger partial charge is 0.491 e. The summed E-state index contributed by atoms with van der Waals surface area (Å²) >= 11 is 7.19. The Labute approximate surface area is 435 Å². The number of benzene rings is 4. The Hall–Kier alpha value is -6.80. The molecule has 1 aromatic heterocycles. The molecule has 2 fully saturated rings. The molecule has 7 rings (SSSR count). The van der Waals surface area contributed by atoms with Crippen LogP contribution in [0.15, 0.2) is 96.5 Å². The maximum absolute atomic E-state index is 14.0. The molecule has 4 amide bonds. The number of rotatable bonds is 17. The number of carbonyl (C=O) groups excluding carboxylic acids is 4. The molecule has 0 aliphatic carbocycles. The Bertz CT molecular complexity index is 2920. The van der Waals surface area contributed by atoms with Crippen molar-refractivity contribution in [2.45, 2.75) is 96.6 Å². The summed E-state index contributed by atoms with van der Waals surface area (Å²) in [7, 11) is 0. The van der Waals surface area contributed by atoms with E-state index >= 15 is 0 Å². The first-order valence-electron chi connectivity index (χ1n) is 23.5. The van der Waals surface area contributed by atoms with Crippen molar-refractivity contribution < 1.29 is 57.1 Å². The molecule has 2 aliphatic heterocycles. The molecular weight excluding hydrogens is 1000 g/mol. The number of nitrogens with zero attached hydrogens (tertiary/aromatic N) is 5. The number of β-amino-alcohol motifs (C(OH)–C–C–N with tert-alkyl or cyclic N) is 1. The number of halogens is 3. The number of carbonyl (C=O) groups is 4. The Morgan fingerprint density at radius 3 is 2.14 bits per heavy atom. The molecular formula is C53H56F3N7O9S2. The van der Waals surface area contributed by atoms with Crippen molar-refractivity contribution in [3.8, 4) is 33.4 Å². The van der Waals surface area contributed by atoms with E-state index in [-0.39, 0.29) is 36.9 Å². The number of thiazole rings is 1. The molecule has 74 heavy (non-hydrogen) atoms. The lowest BCUT2D eigenvalue weighted by molar-refractivity contribution is -0.145. The van der Waals surface area contributed by atoms with E-state index in [9.17, 15) is 52.9 Å². The summed E-state index contributed by atoms with van der Waals surface area (Å²) in [5, 5.41) is 46.6. The summed E-state index contributed by atoms with van der Waals surface area (Å²) in [6.07, 6.45) is -8.63. The molecule has 5 atom stereocenters. The number of aliphatic hydroxyl groups excluding tert-OH is 3. The van der Waals surface area contributed by atoms with Gasteiger partial charge in [-0.05, 0) is 103 Å². The summed E-state index contributed by atoms with van der Waals surface area (Å²) < 4.78 is 52.5. The number of hydrogen-bond acceptors (Lipinski definition) is 13. The minimum atomic E-state index is -4.83. The van der Waals surface area contributed by atoms with Crippen LogP contribution in [0, 0.1) is 23.7 Å². The van der Waals surface area contributed by atoms with Gasteiger partial charge in [-0.15, -0.1) is 11.3 Å². The van der Waals surface area contributed by atoms with Crippen LogP contribution in [0.1, 0.15) is 63.4 Å². The number of aryl methyl sites for hydroxylation is 1. The minimum Gasteiger partial charge on any atom is -0.491 e. The number of alkyl halides is 3. The highest BCUT2D eigenvalue weighted by atomic mass is 32.1. The maximum Gasteiger partial charge on any atom is 0.417 e. The maximum atomic E-state index is 14.0. The van der Waals surface area contributed by atoms with Crippen molar-refractivity contribution in [2.75, 3.05) is 36.2 Å². The highest BCUT2D eigenvalue weighted by Crippen LogP contribution is 2.40. The van der Waals surface area contributed by atoms with Crippen LogP contribution in [0.5, 0.6) is 5.75 Å². The molecule has 21 heteroatoms. The van der Waals surface area contributed by atoms with Crippen molar-refractivity contribution in [3.63, 3.8) is 0 Å². The Kier molecular flexibility index (Phi) is 16.6. The van der Waals surface area contributed by atoms with Gasteiger partial charge in [-0.1, -0.05) is 69.3 Å². The number of hydrogen-bond donors (Lipinski definition) is 5. The van der Waals surface area contributed by atoms with Gasteiger partial charge in [0.1, 0.15) is 48.8 Å². The van der Waals surface area contributed by atoms with Crippen LogP contribution in [-0.2, 0) is 36.6 Å². The average molecular weight is 1060 g/mol. The lowest BCUT2D eigenvalue weighted by Gasteiger charge is -2.35. The second-order valence-electron chi connectivity index (χ2n) is 19.6. The average Bonchev–Trinajstić information content (AvgIpc) is 4.03. The van der Waals surface area contributed by atoms with Crippen molar-refractivity contribution >= 4 is 63.7 Å². The number of nitrogens with one attached hydrogen (secondary N) is 2. The van der Waals surface area contributed by atoms with E-state index in [1.165, 1.54) is 17.0 Å². The molecule has 0 unspecified atom stereocenters. The summed E-state index contributed by atoms with van der Waals surface area (Å²) in [5.41, 5.74) is 2.65. The normalized spacial score (nSPS) is 18.0. The molecule has 16 nitrogen and oxygen atoms in total. The Morgan fingerprint density at radius 1 is 0.932 bits per heavy atom. The Morgan fingerprint density at radius 2 is 1.54 bits per heavy atom. The second kappa shape index (κ2) is 22.4. The molecule has 0 radical (unpaired) electrons. The number of ether oxygens (including phenoxy) is 2. The van der Waals surface area contributed by atoms with Crippen LogP contribution >= 0.6 is 23.6 Å². The zero-order valence-corrected chi connectivity index (χ0v) is 43.0. The standard InChI is InChI=1S/C53H56F3N7O9S2/c1-30-45(74-29-59-30)34-9-7-31(8-10-34)24-58-47(68)41-22-38(64)25-61(41)48(69)46(51(2,3)4)60-44(67)28-71-26-42(65)43(66)27-72-39-19-14-33(15-20-39)32-11-16-36(17-12-32)63-50(73)62(49(70)52(63,5)6)37-18-13-35(23-57)40(21-37)53(54,55)56/h7-21,29,38,41-43,46,64-66H,22,24-28H2,1-6H3,(H,58,68)(H,60,67)/t38-,41+,42-,43-,46-/m1/s1. The summed E-state index contributed by atoms with van der Waals surface area (Å²) in [5.74, 6) is -1.86. The summed E-state index contributed by atoms with van der Waals surface area (Å²) in [4.78, 5) is 63.5. The van der Waals surface area contributed by atoms with E-state index in [0.29, 0.717) is 11.4 Å². The van der Waals surface area contributed by atoms with Crippen LogP contribution in [0.4, 0.5) is 24.5 Å². The zero-order valence-electron chi connectivity index (χ0n) is 41.3. The topological polar surface area (TPSA) is 218 Å². The zero-order chi connectivity index (χ0) is 53.9. The van der Waals surface area contributed by atoms with Crippen LogP contribution in [0.2, 0.25) is 0 Å². The molecule has 2 aliphatic rings. The van der Waals surface area contributed by atoms with Crippen molar-refractivity contribution in [1.82, 2.24) is 20.5 Å². The molecule has 0 spiro atoms. The molecule has 390 valence electrons. The van der Waals surface area contributed by atoms with E-state index in [1.54, 1.807) is 105 Å². The van der Waals surface area contributed by atoms with Crippen LogP contribution in [0.25, 0.3) is 21.6 Å². The number of aliphatic hydroxyl groups is 3. The number of anilines is 2.